The Kier molecular flexibility index (Phi) is 6.96. The normalized spacial score (nSPS) is 13.0. The van der Waals surface area contributed by atoms with Gasteiger partial charge in [-0.15, -0.1) is 13.2 Å². The van der Waals surface area contributed by atoms with Crippen molar-refractivity contribution in [1.29, 1.82) is 0 Å². The first-order chi connectivity index (χ1) is 17.5. The molecule has 37 heavy (non-hydrogen) atoms. The number of anilines is 1. The van der Waals surface area contributed by atoms with E-state index in [1.165, 1.54) is 12.1 Å². The number of ether oxygens (including phenoxy) is 1. The third-order valence-corrected chi connectivity index (χ3v) is 5.76. The minimum Gasteiger partial charge on any atom is -0.406 e. The standard InChI is InChI=1S/C24H19F3N4O6/c25-24(26,27)37-22-5-3-19(4-6-22)29-8-7-16-9-15(1-2-17(16)14-29)13-28-23(32)18-10-20(30(33)34)12-21(11-18)31(35)36/h1-6,9-12H,7-8,13-14H2,(H,28,32). The van der Waals surface area contributed by atoms with Crippen molar-refractivity contribution in [2.75, 3.05) is 11.4 Å². The summed E-state index contributed by atoms with van der Waals surface area (Å²) in [5.41, 5.74) is 2.29. The molecule has 0 atom stereocenters. The van der Waals surface area contributed by atoms with Crippen LogP contribution in [0.15, 0.2) is 60.7 Å². The van der Waals surface area contributed by atoms with E-state index in [1.807, 2.05) is 17.0 Å². The number of carbonyl (C=O) groups excluding carboxylic acids is 1. The van der Waals surface area contributed by atoms with Gasteiger partial charge in [-0.05, 0) is 47.4 Å². The molecular weight excluding hydrogens is 497 g/mol. The molecule has 0 aromatic heterocycles. The fourth-order valence-electron chi connectivity index (χ4n) is 4.02. The molecular formula is C24H19F3N4O6. The van der Waals surface area contributed by atoms with Crippen molar-refractivity contribution < 1.29 is 32.5 Å². The largest absolute Gasteiger partial charge is 0.573 e. The van der Waals surface area contributed by atoms with Gasteiger partial charge < -0.3 is 15.0 Å². The summed E-state index contributed by atoms with van der Waals surface area (Å²) in [4.78, 5) is 35.0. The van der Waals surface area contributed by atoms with Gasteiger partial charge in [0.05, 0.1) is 21.5 Å². The average molecular weight is 516 g/mol. The highest BCUT2D eigenvalue weighted by Gasteiger charge is 2.31. The number of carbonyl (C=O) groups is 1. The van der Waals surface area contributed by atoms with Crippen LogP contribution in [0, 0.1) is 20.2 Å². The first-order valence-electron chi connectivity index (χ1n) is 10.9. The molecule has 0 saturated heterocycles. The second-order valence-electron chi connectivity index (χ2n) is 8.25. The smallest absolute Gasteiger partial charge is 0.406 e. The molecule has 0 bridgehead atoms. The van der Waals surface area contributed by atoms with Gasteiger partial charge in [0.25, 0.3) is 17.3 Å². The molecule has 1 aliphatic heterocycles. The number of non-ortho nitro benzene ring substituents is 2. The van der Waals surface area contributed by atoms with Crippen LogP contribution in [0.2, 0.25) is 0 Å². The number of halogens is 3. The number of nitrogens with zero attached hydrogens (tertiary/aromatic N) is 3. The number of alkyl halides is 3. The summed E-state index contributed by atoms with van der Waals surface area (Å²) in [5.74, 6) is -0.978. The first kappa shape index (κ1) is 25.4. The summed E-state index contributed by atoms with van der Waals surface area (Å²) < 4.78 is 41.0. The SMILES string of the molecule is O=C(NCc1ccc2c(c1)CCN(c1ccc(OC(F)(F)F)cc1)C2)c1cc([N+](=O)[O-])cc([N+](=O)[O-])c1. The van der Waals surface area contributed by atoms with E-state index >= 15 is 0 Å². The van der Waals surface area contributed by atoms with Crippen molar-refractivity contribution in [2.24, 2.45) is 0 Å². The molecule has 0 unspecified atom stereocenters. The lowest BCUT2D eigenvalue weighted by Crippen LogP contribution is -2.30. The van der Waals surface area contributed by atoms with Gasteiger partial charge in [-0.25, -0.2) is 0 Å². The summed E-state index contributed by atoms with van der Waals surface area (Å²) >= 11 is 0. The van der Waals surface area contributed by atoms with Crippen LogP contribution in [-0.4, -0.2) is 28.7 Å². The number of amides is 1. The van der Waals surface area contributed by atoms with Crippen LogP contribution in [0.25, 0.3) is 0 Å². The van der Waals surface area contributed by atoms with E-state index in [1.54, 1.807) is 18.2 Å². The van der Waals surface area contributed by atoms with Gasteiger partial charge >= 0.3 is 6.36 Å². The van der Waals surface area contributed by atoms with Crippen LogP contribution in [0.3, 0.4) is 0 Å². The van der Waals surface area contributed by atoms with Gasteiger partial charge in [-0.1, -0.05) is 18.2 Å². The Morgan fingerprint density at radius 2 is 1.59 bits per heavy atom. The van der Waals surface area contributed by atoms with E-state index in [2.05, 4.69) is 10.1 Å². The Morgan fingerprint density at radius 3 is 2.19 bits per heavy atom. The predicted octanol–water partition coefficient (Wildman–Crippen LogP) is 4.89. The monoisotopic (exact) mass is 516 g/mol. The lowest BCUT2D eigenvalue weighted by molar-refractivity contribution is -0.394. The lowest BCUT2D eigenvalue weighted by Gasteiger charge is -2.31. The Morgan fingerprint density at radius 1 is 0.946 bits per heavy atom. The summed E-state index contributed by atoms with van der Waals surface area (Å²) in [6.07, 6.45) is -4.09. The van der Waals surface area contributed by atoms with E-state index in [0.717, 1.165) is 40.6 Å². The van der Waals surface area contributed by atoms with Gasteiger partial charge in [0.1, 0.15) is 5.75 Å². The number of hydrogen-bond acceptors (Lipinski definition) is 7. The lowest BCUT2D eigenvalue weighted by atomic mass is 9.96. The maximum absolute atomic E-state index is 12.5. The van der Waals surface area contributed by atoms with E-state index in [9.17, 15) is 38.2 Å². The van der Waals surface area contributed by atoms with Crippen molar-refractivity contribution in [3.8, 4) is 5.75 Å². The number of nitro benzene ring substituents is 2. The highest BCUT2D eigenvalue weighted by molar-refractivity contribution is 5.95. The minimum absolute atomic E-state index is 0.104. The Balaban J connectivity index is 1.40. The zero-order chi connectivity index (χ0) is 26.7. The number of rotatable bonds is 7. The second kappa shape index (κ2) is 10.1. The number of fused-ring (bicyclic) bond motifs is 1. The number of hydrogen-bond donors (Lipinski definition) is 1. The van der Waals surface area contributed by atoms with Crippen LogP contribution in [0.4, 0.5) is 30.2 Å². The Bertz CT molecular complexity index is 1330. The number of nitrogens with one attached hydrogen (secondary N) is 1. The summed E-state index contributed by atoms with van der Waals surface area (Å²) in [6, 6.07) is 14.0. The molecule has 1 aliphatic rings. The van der Waals surface area contributed by atoms with Crippen molar-refractivity contribution in [3.63, 3.8) is 0 Å². The maximum Gasteiger partial charge on any atom is 0.573 e. The van der Waals surface area contributed by atoms with Crippen molar-refractivity contribution in [1.82, 2.24) is 5.32 Å². The molecule has 3 aromatic rings. The molecule has 1 N–H and O–H groups in total. The summed E-state index contributed by atoms with van der Waals surface area (Å²) in [6.45, 7) is 1.27. The number of nitro groups is 2. The molecule has 192 valence electrons. The van der Waals surface area contributed by atoms with Crippen LogP contribution in [0.5, 0.6) is 5.75 Å². The molecule has 1 heterocycles. The van der Waals surface area contributed by atoms with Crippen LogP contribution >= 0.6 is 0 Å². The van der Waals surface area contributed by atoms with Gasteiger partial charge in [-0.3, -0.25) is 25.0 Å². The van der Waals surface area contributed by atoms with Crippen molar-refractivity contribution in [2.45, 2.75) is 25.9 Å². The quantitative estimate of drug-likeness (QED) is 0.350. The molecule has 0 spiro atoms. The molecule has 0 fully saturated rings. The van der Waals surface area contributed by atoms with Crippen LogP contribution in [-0.2, 0) is 19.5 Å². The third kappa shape index (κ3) is 6.31. The van der Waals surface area contributed by atoms with Gasteiger partial charge in [0.2, 0.25) is 0 Å². The Labute approximate surface area is 207 Å². The van der Waals surface area contributed by atoms with Crippen LogP contribution < -0.4 is 15.0 Å². The molecule has 13 heteroatoms. The van der Waals surface area contributed by atoms with Gasteiger partial charge in [0, 0.05) is 37.5 Å². The van der Waals surface area contributed by atoms with Gasteiger partial charge in [-0.2, -0.15) is 0 Å². The third-order valence-electron chi connectivity index (χ3n) is 5.76. The number of benzene rings is 3. The Hall–Kier alpha value is -4.68. The topological polar surface area (TPSA) is 128 Å². The molecule has 3 aromatic carbocycles. The van der Waals surface area contributed by atoms with Gasteiger partial charge in [0.15, 0.2) is 0 Å². The highest BCUT2D eigenvalue weighted by atomic mass is 19.4. The fourth-order valence-corrected chi connectivity index (χ4v) is 4.02. The fraction of sp³-hybridized carbons (Fsp3) is 0.208. The average Bonchev–Trinajstić information content (AvgIpc) is 2.86. The zero-order valence-electron chi connectivity index (χ0n) is 19.0. The molecule has 0 aliphatic carbocycles. The summed E-state index contributed by atoms with van der Waals surface area (Å²) in [7, 11) is 0. The van der Waals surface area contributed by atoms with E-state index in [-0.39, 0.29) is 17.9 Å². The molecule has 10 nitrogen and oxygen atoms in total. The zero-order valence-corrected chi connectivity index (χ0v) is 19.0. The first-order valence-corrected chi connectivity index (χ1v) is 10.9. The predicted molar refractivity (Wildman–Crippen MR) is 125 cm³/mol. The second-order valence-corrected chi connectivity index (χ2v) is 8.25. The minimum atomic E-state index is -4.75. The summed E-state index contributed by atoms with van der Waals surface area (Å²) in [5, 5.41) is 24.7. The van der Waals surface area contributed by atoms with Crippen molar-refractivity contribution >= 4 is 23.0 Å². The van der Waals surface area contributed by atoms with E-state index < -0.39 is 33.5 Å². The molecule has 1 amide bonds. The van der Waals surface area contributed by atoms with E-state index in [4.69, 9.17) is 0 Å². The van der Waals surface area contributed by atoms with Crippen molar-refractivity contribution in [3.05, 3.63) is 103 Å². The molecule has 4 rings (SSSR count). The molecule has 0 radical (unpaired) electrons. The molecule has 0 saturated carbocycles. The highest BCUT2D eigenvalue weighted by Crippen LogP contribution is 2.29. The van der Waals surface area contributed by atoms with E-state index in [0.29, 0.717) is 19.5 Å². The maximum atomic E-state index is 12.5. The van der Waals surface area contributed by atoms with Crippen LogP contribution in [0.1, 0.15) is 27.0 Å².